The molecule has 1 aliphatic rings. The quantitative estimate of drug-likeness (QED) is 0.229. The summed E-state index contributed by atoms with van der Waals surface area (Å²) in [6.07, 6.45) is 2.48. The van der Waals surface area contributed by atoms with Gasteiger partial charge in [0.25, 0.3) is 0 Å². The molecule has 0 aliphatic carbocycles. The van der Waals surface area contributed by atoms with Crippen LogP contribution in [0.5, 0.6) is 17.2 Å². The third-order valence-corrected chi connectivity index (χ3v) is 4.86. The van der Waals surface area contributed by atoms with Crippen molar-refractivity contribution in [3.05, 3.63) is 53.5 Å². The van der Waals surface area contributed by atoms with Crippen molar-refractivity contribution in [2.75, 3.05) is 20.4 Å². The molecule has 0 fully saturated rings. The highest BCUT2D eigenvalue weighted by molar-refractivity contribution is 14.0. The van der Waals surface area contributed by atoms with Crippen molar-refractivity contribution in [1.29, 1.82) is 0 Å². The third-order valence-electron chi connectivity index (χ3n) is 4.86. The topological polar surface area (TPSA) is 79.9 Å². The van der Waals surface area contributed by atoms with Crippen LogP contribution in [0.4, 0.5) is 13.2 Å². The van der Waals surface area contributed by atoms with Crippen LogP contribution in [0.15, 0.2) is 41.5 Å². The van der Waals surface area contributed by atoms with Crippen LogP contribution in [0.1, 0.15) is 11.1 Å². The van der Waals surface area contributed by atoms with E-state index in [1.165, 1.54) is 18.2 Å². The number of H-pyrrole nitrogens is 1. The number of hydrogen-bond donors (Lipinski definition) is 3. The van der Waals surface area contributed by atoms with E-state index in [-0.39, 0.29) is 48.9 Å². The smallest absolute Gasteiger partial charge is 0.387 e. The third kappa shape index (κ3) is 5.50. The van der Waals surface area contributed by atoms with Crippen LogP contribution in [-0.2, 0) is 13.0 Å². The number of rotatable bonds is 7. The van der Waals surface area contributed by atoms with Crippen LogP contribution in [-0.4, -0.2) is 37.9 Å². The lowest BCUT2D eigenvalue weighted by atomic mass is 10.1. The second kappa shape index (κ2) is 10.7. The Morgan fingerprint density at radius 3 is 2.69 bits per heavy atom. The van der Waals surface area contributed by atoms with Crippen molar-refractivity contribution >= 4 is 40.8 Å². The number of guanidine groups is 1. The maximum Gasteiger partial charge on any atom is 0.387 e. The minimum atomic E-state index is -2.96. The van der Waals surface area contributed by atoms with Gasteiger partial charge in [-0.1, -0.05) is 0 Å². The summed E-state index contributed by atoms with van der Waals surface area (Å²) in [6.45, 7) is -2.22. The standard InChI is InChI=1S/C21H21F3N4O3.HI/c1-25-21(26-5-4-12-9-27-16-3-2-14(22)7-15(12)16)28-10-13-6-18-19(30-11-29-18)8-17(13)31-20(23)24;/h2-3,6-9,20,27H,4-5,10-11H2,1H3,(H2,25,26,28);1H. The lowest BCUT2D eigenvalue weighted by Crippen LogP contribution is -2.37. The number of alkyl halides is 2. The summed E-state index contributed by atoms with van der Waals surface area (Å²) >= 11 is 0. The van der Waals surface area contributed by atoms with Gasteiger partial charge in [0.2, 0.25) is 6.79 Å². The first kappa shape index (κ1) is 23.8. The molecular weight excluding hydrogens is 540 g/mol. The average Bonchev–Trinajstić information content (AvgIpc) is 3.36. The van der Waals surface area contributed by atoms with Gasteiger partial charge >= 0.3 is 6.61 Å². The van der Waals surface area contributed by atoms with E-state index >= 15 is 0 Å². The van der Waals surface area contributed by atoms with Crippen molar-refractivity contribution in [3.8, 4) is 17.2 Å². The molecule has 0 saturated carbocycles. The van der Waals surface area contributed by atoms with Gasteiger partial charge < -0.3 is 29.8 Å². The van der Waals surface area contributed by atoms with Gasteiger partial charge in [-0.15, -0.1) is 24.0 Å². The fraction of sp³-hybridized carbons (Fsp3) is 0.286. The van der Waals surface area contributed by atoms with Crippen molar-refractivity contribution in [3.63, 3.8) is 0 Å². The van der Waals surface area contributed by atoms with Crippen molar-refractivity contribution in [1.82, 2.24) is 15.6 Å². The van der Waals surface area contributed by atoms with Gasteiger partial charge in [0.1, 0.15) is 11.6 Å². The molecular formula is C21H22F3IN4O3. The molecule has 1 aromatic heterocycles. The zero-order valence-electron chi connectivity index (χ0n) is 17.1. The summed E-state index contributed by atoms with van der Waals surface area (Å²) in [4.78, 5) is 7.26. The molecule has 32 heavy (non-hydrogen) atoms. The van der Waals surface area contributed by atoms with E-state index in [4.69, 9.17) is 9.47 Å². The number of aliphatic imine (C=N–C) groups is 1. The SMILES string of the molecule is CN=C(NCCc1c[nH]c2ccc(F)cc12)NCc1cc2c(cc1OC(F)F)OCO2.I. The zero-order valence-corrected chi connectivity index (χ0v) is 19.4. The number of nitrogens with one attached hydrogen (secondary N) is 3. The number of ether oxygens (including phenoxy) is 3. The lowest BCUT2D eigenvalue weighted by molar-refractivity contribution is -0.0505. The number of aromatic nitrogens is 1. The average molecular weight is 562 g/mol. The van der Waals surface area contributed by atoms with Crippen LogP contribution in [0.25, 0.3) is 10.9 Å². The van der Waals surface area contributed by atoms with E-state index in [1.54, 1.807) is 19.2 Å². The highest BCUT2D eigenvalue weighted by Crippen LogP contribution is 2.38. The predicted molar refractivity (Wildman–Crippen MR) is 125 cm³/mol. The first-order chi connectivity index (χ1) is 15.0. The van der Waals surface area contributed by atoms with Gasteiger partial charge in [0.05, 0.1) is 0 Å². The molecule has 0 atom stereocenters. The van der Waals surface area contributed by atoms with E-state index in [0.717, 1.165) is 16.5 Å². The normalized spacial score (nSPS) is 12.7. The molecule has 11 heteroatoms. The van der Waals surface area contributed by atoms with Crippen LogP contribution >= 0.6 is 24.0 Å². The molecule has 7 nitrogen and oxygen atoms in total. The highest BCUT2D eigenvalue weighted by atomic mass is 127. The van der Waals surface area contributed by atoms with Crippen LogP contribution in [0.2, 0.25) is 0 Å². The molecule has 0 spiro atoms. The fourth-order valence-electron chi connectivity index (χ4n) is 3.38. The zero-order chi connectivity index (χ0) is 21.8. The monoisotopic (exact) mass is 562 g/mol. The first-order valence-corrected chi connectivity index (χ1v) is 9.61. The second-order valence-corrected chi connectivity index (χ2v) is 6.80. The molecule has 3 aromatic rings. The van der Waals surface area contributed by atoms with Gasteiger partial charge in [0, 0.05) is 48.9 Å². The van der Waals surface area contributed by atoms with Crippen LogP contribution < -0.4 is 24.8 Å². The molecule has 0 unspecified atom stereocenters. The van der Waals surface area contributed by atoms with Crippen LogP contribution in [0.3, 0.4) is 0 Å². The Kier molecular flexibility index (Phi) is 7.94. The second-order valence-electron chi connectivity index (χ2n) is 6.80. The Bertz CT molecular complexity index is 1110. The van der Waals surface area contributed by atoms with E-state index < -0.39 is 6.61 Å². The Balaban J connectivity index is 0.00000289. The number of benzene rings is 2. The van der Waals surface area contributed by atoms with Gasteiger partial charge in [-0.25, -0.2) is 4.39 Å². The van der Waals surface area contributed by atoms with E-state index in [2.05, 4.69) is 25.3 Å². The largest absolute Gasteiger partial charge is 0.454 e. The molecule has 172 valence electrons. The maximum atomic E-state index is 13.5. The fourth-order valence-corrected chi connectivity index (χ4v) is 3.38. The van der Waals surface area contributed by atoms with Gasteiger partial charge in [-0.3, -0.25) is 4.99 Å². The molecule has 3 N–H and O–H groups in total. The van der Waals surface area contributed by atoms with E-state index in [1.807, 2.05) is 6.20 Å². The molecule has 2 heterocycles. The Labute approximate surface area is 199 Å². The minimum Gasteiger partial charge on any atom is -0.454 e. The van der Waals surface area contributed by atoms with Gasteiger partial charge in [-0.2, -0.15) is 8.78 Å². The first-order valence-electron chi connectivity index (χ1n) is 9.61. The molecule has 0 amide bonds. The summed E-state index contributed by atoms with van der Waals surface area (Å²) in [5, 5.41) is 7.06. The Hall–Kier alpha value is -2.83. The summed E-state index contributed by atoms with van der Waals surface area (Å²) < 4.78 is 54.2. The van der Waals surface area contributed by atoms with Crippen molar-refractivity contribution in [2.24, 2.45) is 4.99 Å². The van der Waals surface area contributed by atoms with E-state index in [0.29, 0.717) is 36.0 Å². The Morgan fingerprint density at radius 2 is 1.94 bits per heavy atom. The maximum absolute atomic E-state index is 13.5. The predicted octanol–water partition coefficient (Wildman–Crippen LogP) is 4.16. The van der Waals surface area contributed by atoms with E-state index in [9.17, 15) is 13.2 Å². The minimum absolute atomic E-state index is 0. The van der Waals surface area contributed by atoms with Crippen molar-refractivity contribution in [2.45, 2.75) is 19.6 Å². The molecule has 1 aliphatic heterocycles. The number of aromatic amines is 1. The molecule has 4 rings (SSSR count). The number of fused-ring (bicyclic) bond motifs is 2. The highest BCUT2D eigenvalue weighted by Gasteiger charge is 2.20. The molecule has 2 aromatic carbocycles. The summed E-state index contributed by atoms with van der Waals surface area (Å²) in [5.74, 6) is 1.02. The lowest BCUT2D eigenvalue weighted by Gasteiger charge is -2.15. The molecule has 0 bridgehead atoms. The molecule has 0 radical (unpaired) electrons. The summed E-state index contributed by atoms with van der Waals surface area (Å²) in [6, 6.07) is 7.60. The van der Waals surface area contributed by atoms with Crippen molar-refractivity contribution < 1.29 is 27.4 Å². The summed E-state index contributed by atoms with van der Waals surface area (Å²) in [7, 11) is 1.60. The van der Waals surface area contributed by atoms with Gasteiger partial charge in [-0.05, 0) is 36.2 Å². The van der Waals surface area contributed by atoms with Gasteiger partial charge in [0.15, 0.2) is 17.5 Å². The number of hydrogen-bond acceptors (Lipinski definition) is 4. The number of halogens is 4. The Morgan fingerprint density at radius 1 is 1.16 bits per heavy atom. The summed E-state index contributed by atoms with van der Waals surface area (Å²) in [5.41, 5.74) is 2.31. The van der Waals surface area contributed by atoms with Crippen LogP contribution in [0, 0.1) is 5.82 Å². The number of nitrogens with zero attached hydrogens (tertiary/aromatic N) is 1. The molecule has 0 saturated heterocycles.